The van der Waals surface area contributed by atoms with Crippen molar-refractivity contribution in [1.82, 2.24) is 15.5 Å². The predicted molar refractivity (Wildman–Crippen MR) is 80.4 cm³/mol. The lowest BCUT2D eigenvalue weighted by Gasteiger charge is -2.32. The molecule has 1 saturated carbocycles. The fourth-order valence-electron chi connectivity index (χ4n) is 2.51. The molecule has 1 amide bonds. The van der Waals surface area contributed by atoms with Gasteiger partial charge in [-0.15, -0.1) is 0 Å². The summed E-state index contributed by atoms with van der Waals surface area (Å²) in [6, 6.07) is 9.52. The van der Waals surface area contributed by atoms with Crippen molar-refractivity contribution in [3.63, 3.8) is 0 Å². The molecule has 3 rings (SSSR count). The summed E-state index contributed by atoms with van der Waals surface area (Å²) in [5, 5.41) is 18.5. The molecule has 0 unspecified atom stereocenters. The molecule has 6 heteroatoms. The van der Waals surface area contributed by atoms with E-state index in [9.17, 15) is 9.59 Å². The van der Waals surface area contributed by atoms with Crippen LogP contribution in [0.5, 0.6) is 0 Å². The Labute approximate surface area is 127 Å². The van der Waals surface area contributed by atoms with Gasteiger partial charge in [0.1, 0.15) is 5.69 Å². The van der Waals surface area contributed by atoms with Crippen molar-refractivity contribution in [1.29, 1.82) is 0 Å². The molecule has 0 aliphatic heterocycles. The third kappa shape index (κ3) is 2.86. The first-order valence-electron chi connectivity index (χ1n) is 7.19. The summed E-state index contributed by atoms with van der Waals surface area (Å²) in [5.41, 5.74) is 3.20. The van der Waals surface area contributed by atoms with Gasteiger partial charge in [0.2, 0.25) is 0 Å². The van der Waals surface area contributed by atoms with Crippen molar-refractivity contribution >= 4 is 11.9 Å². The van der Waals surface area contributed by atoms with Crippen molar-refractivity contribution in [3.05, 3.63) is 41.6 Å². The molecule has 3 N–H and O–H groups in total. The van der Waals surface area contributed by atoms with Gasteiger partial charge in [-0.25, -0.2) is 0 Å². The highest BCUT2D eigenvalue weighted by Crippen LogP contribution is 2.27. The van der Waals surface area contributed by atoms with Crippen molar-refractivity contribution in [2.75, 3.05) is 0 Å². The summed E-state index contributed by atoms with van der Waals surface area (Å²) >= 11 is 0. The quantitative estimate of drug-likeness (QED) is 0.804. The molecular formula is C16H17N3O3. The number of amides is 1. The highest BCUT2D eigenvalue weighted by atomic mass is 16.4. The highest BCUT2D eigenvalue weighted by molar-refractivity contribution is 5.93. The van der Waals surface area contributed by atoms with Crippen LogP contribution in [0.3, 0.4) is 0 Å². The van der Waals surface area contributed by atoms with E-state index >= 15 is 0 Å². The van der Waals surface area contributed by atoms with Gasteiger partial charge in [-0.1, -0.05) is 29.8 Å². The molecule has 0 spiro atoms. The minimum absolute atomic E-state index is 0.0697. The molecule has 1 aromatic heterocycles. The van der Waals surface area contributed by atoms with Crippen LogP contribution in [0.4, 0.5) is 0 Å². The number of benzene rings is 1. The number of nitrogens with one attached hydrogen (secondary N) is 2. The molecule has 0 saturated heterocycles. The van der Waals surface area contributed by atoms with Gasteiger partial charge in [0.05, 0.1) is 11.6 Å². The molecule has 1 aliphatic carbocycles. The summed E-state index contributed by atoms with van der Waals surface area (Å²) in [7, 11) is 0. The average molecular weight is 299 g/mol. The Morgan fingerprint density at radius 3 is 2.59 bits per heavy atom. The number of carbonyl (C=O) groups excluding carboxylic acids is 1. The Kier molecular flexibility index (Phi) is 3.66. The van der Waals surface area contributed by atoms with Crippen LogP contribution in [0.15, 0.2) is 30.3 Å². The number of rotatable bonds is 4. The molecule has 2 aromatic rings. The molecule has 6 nitrogen and oxygen atoms in total. The van der Waals surface area contributed by atoms with Gasteiger partial charge < -0.3 is 10.4 Å². The number of aliphatic carboxylic acids is 1. The first-order chi connectivity index (χ1) is 10.5. The van der Waals surface area contributed by atoms with Crippen molar-refractivity contribution < 1.29 is 14.7 Å². The first kappa shape index (κ1) is 14.3. The zero-order valence-corrected chi connectivity index (χ0v) is 12.2. The highest BCUT2D eigenvalue weighted by Gasteiger charge is 2.35. The molecule has 1 aromatic carbocycles. The van der Waals surface area contributed by atoms with E-state index in [-0.39, 0.29) is 17.9 Å². The molecule has 1 heterocycles. The van der Waals surface area contributed by atoms with Gasteiger partial charge in [-0.3, -0.25) is 14.7 Å². The Hall–Kier alpha value is -2.63. The van der Waals surface area contributed by atoms with Crippen LogP contribution in [0.2, 0.25) is 0 Å². The number of carbonyl (C=O) groups is 2. The maximum atomic E-state index is 12.1. The number of aromatic amines is 1. The smallest absolute Gasteiger partial charge is 0.306 e. The Morgan fingerprint density at radius 2 is 1.95 bits per heavy atom. The number of aromatic nitrogens is 2. The Bertz CT molecular complexity index is 700. The molecule has 0 radical (unpaired) electrons. The summed E-state index contributed by atoms with van der Waals surface area (Å²) in [6.07, 6.45) is 0.972. The first-order valence-corrected chi connectivity index (χ1v) is 7.19. The topological polar surface area (TPSA) is 95.1 Å². The van der Waals surface area contributed by atoms with Crippen molar-refractivity contribution in [2.45, 2.75) is 25.8 Å². The fraction of sp³-hybridized carbons (Fsp3) is 0.312. The van der Waals surface area contributed by atoms with Gasteiger partial charge >= 0.3 is 5.97 Å². The number of carboxylic acid groups (broad SMARTS) is 1. The minimum Gasteiger partial charge on any atom is -0.481 e. The minimum atomic E-state index is -0.798. The van der Waals surface area contributed by atoms with E-state index < -0.39 is 5.97 Å². The van der Waals surface area contributed by atoms with E-state index in [1.54, 1.807) is 6.07 Å². The lowest BCUT2D eigenvalue weighted by Crippen LogP contribution is -2.46. The standard InChI is InChI=1S/C16H17N3O3/c1-9-2-4-10(5-3-9)13-8-14(19-18-13)15(20)17-12-6-11(7-12)16(21)22/h2-5,8,11-12H,6-7H2,1H3,(H,17,20)(H,18,19)(H,21,22). The maximum absolute atomic E-state index is 12.1. The van der Waals surface area contributed by atoms with Crippen LogP contribution in [0.1, 0.15) is 28.9 Å². The third-order valence-electron chi connectivity index (χ3n) is 3.99. The molecule has 1 aliphatic rings. The lowest BCUT2D eigenvalue weighted by molar-refractivity contribution is -0.145. The monoisotopic (exact) mass is 299 g/mol. The molecular weight excluding hydrogens is 282 g/mol. The van der Waals surface area contributed by atoms with Crippen LogP contribution in [0, 0.1) is 12.8 Å². The van der Waals surface area contributed by atoms with E-state index in [2.05, 4.69) is 15.5 Å². The SMILES string of the molecule is Cc1ccc(-c2cc(C(=O)NC3CC(C(=O)O)C3)[nH]n2)cc1. The molecule has 1 fully saturated rings. The van der Waals surface area contributed by atoms with Crippen LogP contribution in [-0.4, -0.2) is 33.2 Å². The number of H-pyrrole nitrogens is 1. The summed E-state index contributed by atoms with van der Waals surface area (Å²) in [5.74, 6) is -1.39. The predicted octanol–water partition coefficient (Wildman–Crippen LogP) is 1.98. The van der Waals surface area contributed by atoms with Gasteiger partial charge in [0, 0.05) is 11.6 Å². The molecule has 22 heavy (non-hydrogen) atoms. The zero-order valence-electron chi connectivity index (χ0n) is 12.2. The molecule has 0 bridgehead atoms. The zero-order chi connectivity index (χ0) is 15.7. The van der Waals surface area contributed by atoms with Gasteiger partial charge in [0.25, 0.3) is 5.91 Å². The molecule has 114 valence electrons. The van der Waals surface area contributed by atoms with Crippen LogP contribution < -0.4 is 5.32 Å². The number of hydrogen-bond acceptors (Lipinski definition) is 3. The van der Waals surface area contributed by atoms with E-state index in [0.717, 1.165) is 11.1 Å². The number of nitrogens with zero attached hydrogens (tertiary/aromatic N) is 1. The van der Waals surface area contributed by atoms with E-state index in [4.69, 9.17) is 5.11 Å². The lowest BCUT2D eigenvalue weighted by atomic mass is 9.80. The van der Waals surface area contributed by atoms with Crippen LogP contribution in [0.25, 0.3) is 11.3 Å². The Morgan fingerprint density at radius 1 is 1.27 bits per heavy atom. The van der Waals surface area contributed by atoms with E-state index in [1.165, 1.54) is 0 Å². The van der Waals surface area contributed by atoms with Gasteiger partial charge in [-0.2, -0.15) is 5.10 Å². The van der Waals surface area contributed by atoms with Gasteiger partial charge in [-0.05, 0) is 25.8 Å². The molecule has 0 atom stereocenters. The second kappa shape index (κ2) is 5.63. The number of hydrogen-bond donors (Lipinski definition) is 3. The van der Waals surface area contributed by atoms with Crippen molar-refractivity contribution in [2.24, 2.45) is 5.92 Å². The van der Waals surface area contributed by atoms with Crippen LogP contribution >= 0.6 is 0 Å². The maximum Gasteiger partial charge on any atom is 0.306 e. The normalized spacial score (nSPS) is 20.2. The number of carboxylic acids is 1. The van der Waals surface area contributed by atoms with Crippen molar-refractivity contribution in [3.8, 4) is 11.3 Å². The van der Waals surface area contributed by atoms with Crippen LogP contribution in [-0.2, 0) is 4.79 Å². The summed E-state index contributed by atoms with van der Waals surface area (Å²) < 4.78 is 0. The largest absolute Gasteiger partial charge is 0.481 e. The summed E-state index contributed by atoms with van der Waals surface area (Å²) in [4.78, 5) is 22.8. The third-order valence-corrected chi connectivity index (χ3v) is 3.99. The van der Waals surface area contributed by atoms with E-state index in [0.29, 0.717) is 24.2 Å². The summed E-state index contributed by atoms with van der Waals surface area (Å²) in [6.45, 7) is 2.01. The van der Waals surface area contributed by atoms with Gasteiger partial charge in [0.15, 0.2) is 0 Å². The van der Waals surface area contributed by atoms with E-state index in [1.807, 2.05) is 31.2 Å². The fourth-order valence-corrected chi connectivity index (χ4v) is 2.51. The number of aryl methyl sites for hydroxylation is 1. The average Bonchev–Trinajstić information content (AvgIpc) is 2.92. The Balaban J connectivity index is 1.63. The second-order valence-electron chi connectivity index (χ2n) is 5.71. The second-order valence-corrected chi connectivity index (χ2v) is 5.71.